The van der Waals surface area contributed by atoms with E-state index in [1.165, 1.54) is 12.0 Å². The Morgan fingerprint density at radius 3 is 2.47 bits per heavy atom. The molecule has 0 aliphatic rings. The SMILES string of the molecule is CC(C)(C)NC(=S)SCCCc1ccccc1. The minimum absolute atomic E-state index is 0.0729. The molecule has 0 aliphatic carbocycles. The highest BCUT2D eigenvalue weighted by atomic mass is 32.2. The van der Waals surface area contributed by atoms with Gasteiger partial charge in [0, 0.05) is 11.3 Å². The molecule has 1 aromatic rings. The van der Waals surface area contributed by atoms with Crippen LogP contribution in [-0.2, 0) is 6.42 Å². The first-order valence-electron chi connectivity index (χ1n) is 5.96. The highest BCUT2D eigenvalue weighted by molar-refractivity contribution is 8.22. The van der Waals surface area contributed by atoms with Crippen molar-refractivity contribution in [2.24, 2.45) is 0 Å². The van der Waals surface area contributed by atoms with Gasteiger partial charge in [-0.1, -0.05) is 54.3 Å². The van der Waals surface area contributed by atoms with E-state index in [9.17, 15) is 0 Å². The van der Waals surface area contributed by atoms with Crippen LogP contribution in [0.4, 0.5) is 0 Å². The Morgan fingerprint density at radius 2 is 1.88 bits per heavy atom. The third-order valence-electron chi connectivity index (χ3n) is 2.16. The first kappa shape index (κ1) is 14.5. The lowest BCUT2D eigenvalue weighted by molar-refractivity contribution is 0.519. The van der Waals surface area contributed by atoms with E-state index >= 15 is 0 Å². The number of thioether (sulfide) groups is 1. The van der Waals surface area contributed by atoms with Crippen molar-refractivity contribution in [2.45, 2.75) is 39.2 Å². The summed E-state index contributed by atoms with van der Waals surface area (Å²) in [6.45, 7) is 6.39. The molecule has 3 heteroatoms. The number of benzene rings is 1. The number of hydrogen-bond acceptors (Lipinski definition) is 2. The van der Waals surface area contributed by atoms with E-state index in [4.69, 9.17) is 12.2 Å². The topological polar surface area (TPSA) is 12.0 Å². The van der Waals surface area contributed by atoms with Crippen molar-refractivity contribution in [3.8, 4) is 0 Å². The summed E-state index contributed by atoms with van der Waals surface area (Å²) in [7, 11) is 0. The molecule has 0 saturated carbocycles. The van der Waals surface area contributed by atoms with Crippen molar-refractivity contribution in [2.75, 3.05) is 5.75 Å². The van der Waals surface area contributed by atoms with Crippen LogP contribution in [0.25, 0.3) is 0 Å². The maximum Gasteiger partial charge on any atom is 0.134 e. The Hall–Kier alpha value is -0.540. The van der Waals surface area contributed by atoms with E-state index in [-0.39, 0.29) is 5.54 Å². The largest absolute Gasteiger partial charge is 0.366 e. The standard InChI is InChI=1S/C14H21NS2/c1-14(2,3)15-13(16)17-11-7-10-12-8-5-4-6-9-12/h4-6,8-9H,7,10-11H2,1-3H3,(H,15,16). The molecule has 0 heterocycles. The van der Waals surface area contributed by atoms with Gasteiger partial charge < -0.3 is 5.32 Å². The average Bonchev–Trinajstić information content (AvgIpc) is 2.23. The summed E-state index contributed by atoms with van der Waals surface area (Å²) < 4.78 is 0.908. The van der Waals surface area contributed by atoms with E-state index in [0.29, 0.717) is 0 Å². The average molecular weight is 267 g/mol. The Labute approximate surface area is 114 Å². The van der Waals surface area contributed by atoms with Gasteiger partial charge in [0.25, 0.3) is 0 Å². The molecule has 0 aromatic heterocycles. The quantitative estimate of drug-likeness (QED) is 0.653. The first-order valence-corrected chi connectivity index (χ1v) is 7.36. The lowest BCUT2D eigenvalue weighted by atomic mass is 10.1. The molecule has 0 saturated heterocycles. The zero-order valence-corrected chi connectivity index (χ0v) is 12.5. The van der Waals surface area contributed by atoms with Crippen LogP contribution in [0.5, 0.6) is 0 Å². The van der Waals surface area contributed by atoms with Crippen molar-refractivity contribution in [3.63, 3.8) is 0 Å². The van der Waals surface area contributed by atoms with Crippen LogP contribution in [0.15, 0.2) is 30.3 Å². The Morgan fingerprint density at radius 1 is 1.24 bits per heavy atom. The molecule has 0 fully saturated rings. The first-order chi connectivity index (χ1) is 7.97. The summed E-state index contributed by atoms with van der Waals surface area (Å²) in [4.78, 5) is 0. The van der Waals surface area contributed by atoms with Crippen molar-refractivity contribution in [3.05, 3.63) is 35.9 Å². The molecule has 1 aromatic carbocycles. The summed E-state index contributed by atoms with van der Waals surface area (Å²) in [5.41, 5.74) is 1.48. The second kappa shape index (κ2) is 7.02. The number of nitrogens with one attached hydrogen (secondary N) is 1. The minimum atomic E-state index is 0.0729. The van der Waals surface area contributed by atoms with Crippen LogP contribution < -0.4 is 5.32 Å². The van der Waals surface area contributed by atoms with Crippen molar-refractivity contribution >= 4 is 28.3 Å². The molecule has 0 atom stereocenters. The second-order valence-corrected chi connectivity index (χ2v) is 6.87. The molecule has 94 valence electrons. The summed E-state index contributed by atoms with van der Waals surface area (Å²) in [5, 5.41) is 3.31. The molecule has 1 rings (SSSR count). The molecule has 0 radical (unpaired) electrons. The second-order valence-electron chi connectivity index (χ2n) is 5.10. The molecule has 17 heavy (non-hydrogen) atoms. The van der Waals surface area contributed by atoms with Gasteiger partial charge in [-0.25, -0.2) is 0 Å². The predicted octanol–water partition coefficient (Wildman–Crippen LogP) is 4.03. The highest BCUT2D eigenvalue weighted by Gasteiger charge is 2.10. The molecule has 1 N–H and O–H groups in total. The molecule has 0 unspecified atom stereocenters. The fourth-order valence-electron chi connectivity index (χ4n) is 1.43. The van der Waals surface area contributed by atoms with E-state index in [1.807, 2.05) is 0 Å². The Bertz CT molecular complexity index is 341. The van der Waals surface area contributed by atoms with Gasteiger partial charge in [0.15, 0.2) is 0 Å². The van der Waals surface area contributed by atoms with Crippen LogP contribution in [0.3, 0.4) is 0 Å². The van der Waals surface area contributed by atoms with Crippen molar-refractivity contribution in [1.82, 2.24) is 5.32 Å². The normalized spacial score (nSPS) is 11.2. The van der Waals surface area contributed by atoms with E-state index in [1.54, 1.807) is 11.8 Å². The molecular formula is C14H21NS2. The maximum atomic E-state index is 5.28. The lowest BCUT2D eigenvalue weighted by Crippen LogP contribution is -2.38. The van der Waals surface area contributed by atoms with Gasteiger partial charge in [-0.3, -0.25) is 0 Å². The van der Waals surface area contributed by atoms with Crippen LogP contribution >= 0.6 is 24.0 Å². The van der Waals surface area contributed by atoms with Crippen LogP contribution in [0, 0.1) is 0 Å². The van der Waals surface area contributed by atoms with E-state index in [2.05, 4.69) is 56.4 Å². The third-order valence-corrected chi connectivity index (χ3v) is 3.48. The highest BCUT2D eigenvalue weighted by Crippen LogP contribution is 2.11. The Kier molecular flexibility index (Phi) is 6.00. The molecular weight excluding hydrogens is 246 g/mol. The van der Waals surface area contributed by atoms with E-state index < -0.39 is 0 Å². The molecule has 0 spiro atoms. The monoisotopic (exact) mass is 267 g/mol. The van der Waals surface area contributed by atoms with Gasteiger partial charge in [-0.15, -0.1) is 0 Å². The summed E-state index contributed by atoms with van der Waals surface area (Å²) in [6.07, 6.45) is 2.30. The maximum absolute atomic E-state index is 5.28. The molecule has 1 nitrogen and oxygen atoms in total. The van der Waals surface area contributed by atoms with Gasteiger partial charge >= 0.3 is 0 Å². The predicted molar refractivity (Wildman–Crippen MR) is 82.7 cm³/mol. The minimum Gasteiger partial charge on any atom is -0.366 e. The van der Waals surface area contributed by atoms with Crippen molar-refractivity contribution < 1.29 is 0 Å². The summed E-state index contributed by atoms with van der Waals surface area (Å²) in [5.74, 6) is 1.08. The number of hydrogen-bond donors (Lipinski definition) is 1. The zero-order chi connectivity index (χ0) is 12.7. The smallest absolute Gasteiger partial charge is 0.134 e. The molecule has 0 amide bonds. The number of thiocarbonyl (C=S) groups is 1. The van der Waals surface area contributed by atoms with Crippen LogP contribution in [0.1, 0.15) is 32.8 Å². The van der Waals surface area contributed by atoms with Gasteiger partial charge in [0.1, 0.15) is 4.32 Å². The van der Waals surface area contributed by atoms with Crippen LogP contribution in [0.2, 0.25) is 0 Å². The third kappa shape index (κ3) is 7.40. The summed E-state index contributed by atoms with van der Waals surface area (Å²) in [6, 6.07) is 10.6. The van der Waals surface area contributed by atoms with Crippen molar-refractivity contribution in [1.29, 1.82) is 0 Å². The molecule has 0 aliphatic heterocycles. The van der Waals surface area contributed by atoms with Gasteiger partial charge in [0.05, 0.1) is 0 Å². The fraction of sp³-hybridized carbons (Fsp3) is 0.500. The Balaban J connectivity index is 2.14. The van der Waals surface area contributed by atoms with E-state index in [0.717, 1.165) is 16.5 Å². The number of rotatable bonds is 4. The van der Waals surface area contributed by atoms with Crippen LogP contribution in [-0.4, -0.2) is 15.6 Å². The number of aryl methyl sites for hydroxylation is 1. The summed E-state index contributed by atoms with van der Waals surface area (Å²) >= 11 is 7.03. The van der Waals surface area contributed by atoms with Gasteiger partial charge in [-0.2, -0.15) is 0 Å². The van der Waals surface area contributed by atoms with Gasteiger partial charge in [0.2, 0.25) is 0 Å². The fourth-order valence-corrected chi connectivity index (χ4v) is 2.84. The van der Waals surface area contributed by atoms with Gasteiger partial charge in [-0.05, 0) is 39.2 Å². The lowest BCUT2D eigenvalue weighted by Gasteiger charge is -2.21. The molecule has 0 bridgehead atoms. The zero-order valence-electron chi connectivity index (χ0n) is 10.8.